The van der Waals surface area contributed by atoms with E-state index >= 15 is 0 Å². The van der Waals surface area contributed by atoms with Gasteiger partial charge in [-0.2, -0.15) is 13.1 Å². The quantitative estimate of drug-likeness (QED) is 0.406. The van der Waals surface area contributed by atoms with Crippen molar-refractivity contribution in [1.82, 2.24) is 24.6 Å². The van der Waals surface area contributed by atoms with Crippen LogP contribution < -0.4 is 10.2 Å². The third-order valence-electron chi connectivity index (χ3n) is 7.04. The number of alkyl halides is 4. The Morgan fingerprint density at radius 1 is 1.10 bits per heavy atom. The van der Waals surface area contributed by atoms with Crippen molar-refractivity contribution in [1.29, 1.82) is 0 Å². The van der Waals surface area contributed by atoms with Crippen LogP contribution in [0.2, 0.25) is 0 Å². The number of nitrogens with zero attached hydrogens (tertiary/aromatic N) is 5. The topological polar surface area (TPSA) is 118 Å². The molecule has 3 aromatic rings. The lowest BCUT2D eigenvalue weighted by molar-refractivity contribution is -0.123. The van der Waals surface area contributed by atoms with E-state index in [0.29, 0.717) is 41.1 Å². The fourth-order valence-corrected chi connectivity index (χ4v) is 6.29. The van der Waals surface area contributed by atoms with Crippen LogP contribution >= 0.6 is 0 Å². The van der Waals surface area contributed by atoms with Crippen molar-refractivity contribution >= 4 is 32.7 Å². The molecule has 42 heavy (non-hydrogen) atoms. The molecule has 0 unspecified atom stereocenters. The number of aromatic nitrogens is 3. The molecule has 1 N–H and O–H groups in total. The number of hydrogen-bond donors (Lipinski definition) is 1. The SMILES string of the molecule is C[C@@H]1CN(c2cccc(-c3ccc4cnc(CC(=O)N[C@H]5CN(S(=O)(=O)C(F)F)CC(F)(F)C5)cc4n3)n2)C[C@H](C)O1. The predicted molar refractivity (Wildman–Crippen MR) is 147 cm³/mol. The van der Waals surface area contributed by atoms with E-state index in [9.17, 15) is 30.8 Å². The maximum Gasteiger partial charge on any atom is 0.350 e. The summed E-state index contributed by atoms with van der Waals surface area (Å²) in [6, 6.07) is 9.56. The number of fused-ring (bicyclic) bond motifs is 1. The van der Waals surface area contributed by atoms with Gasteiger partial charge in [-0.3, -0.25) is 9.78 Å². The second-order valence-electron chi connectivity index (χ2n) is 10.7. The fraction of sp³-hybridized carbons (Fsp3) is 0.481. The Labute approximate surface area is 240 Å². The molecule has 2 aliphatic heterocycles. The number of anilines is 1. The number of morpholine rings is 1. The molecule has 5 rings (SSSR count). The highest BCUT2D eigenvalue weighted by atomic mass is 32.2. The van der Waals surface area contributed by atoms with Gasteiger partial charge in [0.05, 0.1) is 47.8 Å². The highest BCUT2D eigenvalue weighted by Gasteiger charge is 2.47. The molecular weight excluding hydrogens is 580 g/mol. The standard InChI is InChI=1S/C27H30F4N6O4S/c1-16-12-36(13-17(2)41-16)24-5-3-4-21(35-24)22-7-6-18-11-32-19(8-23(18)34-22)9-25(38)33-20-10-27(30,31)15-37(14-20)42(39,40)26(28)29/h3-8,11,16-17,20,26H,9-10,12-15H2,1-2H3,(H,33,38)/t16-,17+,20-/m1/s1. The minimum atomic E-state index is -5.23. The van der Waals surface area contributed by atoms with E-state index in [0.717, 1.165) is 5.82 Å². The van der Waals surface area contributed by atoms with Crippen molar-refractivity contribution in [3.05, 3.63) is 48.3 Å². The summed E-state index contributed by atoms with van der Waals surface area (Å²) in [4.78, 5) is 28.6. The Morgan fingerprint density at radius 3 is 2.52 bits per heavy atom. The van der Waals surface area contributed by atoms with E-state index in [4.69, 9.17) is 14.7 Å². The number of rotatable bonds is 7. The van der Waals surface area contributed by atoms with Crippen LogP contribution in [0.15, 0.2) is 42.6 Å². The van der Waals surface area contributed by atoms with E-state index in [2.05, 4.69) is 15.2 Å². The maximum absolute atomic E-state index is 14.2. The number of hydrogen-bond acceptors (Lipinski definition) is 8. The van der Waals surface area contributed by atoms with Crippen LogP contribution in [0.4, 0.5) is 23.4 Å². The van der Waals surface area contributed by atoms with Crippen molar-refractivity contribution in [2.24, 2.45) is 0 Å². The molecule has 1 amide bonds. The van der Waals surface area contributed by atoms with Crippen LogP contribution in [0.3, 0.4) is 0 Å². The lowest BCUT2D eigenvalue weighted by atomic mass is 10.0. The zero-order valence-corrected chi connectivity index (χ0v) is 23.7. The number of nitrogens with one attached hydrogen (secondary N) is 1. The minimum absolute atomic E-state index is 0.0229. The summed E-state index contributed by atoms with van der Waals surface area (Å²) in [6.45, 7) is 3.40. The van der Waals surface area contributed by atoms with E-state index in [1.165, 1.54) is 6.20 Å². The van der Waals surface area contributed by atoms with Gasteiger partial charge in [0.25, 0.3) is 15.9 Å². The molecule has 3 atom stereocenters. The zero-order chi connectivity index (χ0) is 30.2. The number of carbonyl (C=O) groups excluding carboxylic acids is 1. The Kier molecular flexibility index (Phi) is 8.36. The van der Waals surface area contributed by atoms with Gasteiger partial charge in [-0.1, -0.05) is 6.07 Å². The average Bonchev–Trinajstić information content (AvgIpc) is 2.91. The fourth-order valence-electron chi connectivity index (χ4n) is 5.31. The average molecular weight is 611 g/mol. The van der Waals surface area contributed by atoms with Crippen LogP contribution in [-0.2, 0) is 26.0 Å². The van der Waals surface area contributed by atoms with Gasteiger partial charge in [-0.05, 0) is 44.2 Å². The van der Waals surface area contributed by atoms with Crippen molar-refractivity contribution in [3.63, 3.8) is 0 Å². The van der Waals surface area contributed by atoms with Gasteiger partial charge >= 0.3 is 5.76 Å². The maximum atomic E-state index is 14.2. The van der Waals surface area contributed by atoms with Gasteiger partial charge in [-0.15, -0.1) is 0 Å². The molecule has 0 radical (unpaired) electrons. The molecular formula is C27H30F4N6O4S. The molecule has 0 aliphatic carbocycles. The summed E-state index contributed by atoms with van der Waals surface area (Å²) >= 11 is 0. The normalized spacial score (nSPS) is 23.3. The highest BCUT2D eigenvalue weighted by Crippen LogP contribution is 2.30. The third kappa shape index (κ3) is 6.79. The van der Waals surface area contributed by atoms with Crippen LogP contribution in [-0.4, -0.2) is 89.7 Å². The number of amides is 1. The van der Waals surface area contributed by atoms with Crippen molar-refractivity contribution in [3.8, 4) is 11.4 Å². The molecule has 2 saturated heterocycles. The minimum Gasteiger partial charge on any atom is -0.372 e. The molecule has 15 heteroatoms. The molecule has 0 aromatic carbocycles. The first-order chi connectivity index (χ1) is 19.8. The molecule has 10 nitrogen and oxygen atoms in total. The molecule has 226 valence electrons. The van der Waals surface area contributed by atoms with Crippen molar-refractivity contribution in [2.75, 3.05) is 31.1 Å². The van der Waals surface area contributed by atoms with E-state index in [1.807, 2.05) is 44.2 Å². The van der Waals surface area contributed by atoms with E-state index in [1.54, 1.807) is 6.07 Å². The summed E-state index contributed by atoms with van der Waals surface area (Å²) in [7, 11) is -5.23. The van der Waals surface area contributed by atoms with Gasteiger partial charge in [0.2, 0.25) is 5.91 Å². The Balaban J connectivity index is 1.30. The zero-order valence-electron chi connectivity index (χ0n) is 22.9. The Morgan fingerprint density at radius 2 is 1.81 bits per heavy atom. The van der Waals surface area contributed by atoms with Gasteiger partial charge in [0.15, 0.2) is 0 Å². The molecule has 0 saturated carbocycles. The highest BCUT2D eigenvalue weighted by molar-refractivity contribution is 7.89. The monoisotopic (exact) mass is 610 g/mol. The predicted octanol–water partition coefficient (Wildman–Crippen LogP) is 3.23. The lowest BCUT2D eigenvalue weighted by Crippen LogP contribution is -2.57. The first kappa shape index (κ1) is 30.0. The second kappa shape index (κ2) is 11.7. The van der Waals surface area contributed by atoms with Crippen molar-refractivity contribution in [2.45, 2.75) is 56.6 Å². The van der Waals surface area contributed by atoms with Crippen LogP contribution in [0.5, 0.6) is 0 Å². The van der Waals surface area contributed by atoms with Gasteiger partial charge in [0, 0.05) is 43.7 Å². The summed E-state index contributed by atoms with van der Waals surface area (Å²) in [5.41, 5.74) is 2.08. The van der Waals surface area contributed by atoms with Crippen molar-refractivity contribution < 1.29 is 35.5 Å². The molecule has 5 heterocycles. The number of piperidine rings is 1. The number of carbonyl (C=O) groups is 1. The number of ether oxygens (including phenoxy) is 1. The third-order valence-corrected chi connectivity index (χ3v) is 8.49. The number of halogens is 4. The van der Waals surface area contributed by atoms with E-state index in [-0.39, 0.29) is 22.9 Å². The van der Waals surface area contributed by atoms with E-state index < -0.39 is 53.2 Å². The summed E-state index contributed by atoms with van der Waals surface area (Å²) in [5, 5.41) is 3.04. The number of sulfonamides is 1. The Bertz CT molecular complexity index is 1570. The molecule has 2 aliphatic rings. The van der Waals surface area contributed by atoms with Gasteiger partial charge < -0.3 is 15.0 Å². The van der Waals surface area contributed by atoms with Gasteiger partial charge in [0.1, 0.15) is 5.82 Å². The van der Waals surface area contributed by atoms with Gasteiger partial charge in [-0.25, -0.2) is 27.2 Å². The molecule has 0 spiro atoms. The molecule has 0 bridgehead atoms. The van der Waals surface area contributed by atoms with Crippen LogP contribution in [0.1, 0.15) is 26.0 Å². The molecule has 2 fully saturated rings. The first-order valence-corrected chi connectivity index (χ1v) is 14.9. The summed E-state index contributed by atoms with van der Waals surface area (Å²) in [6.07, 6.45) is 0.479. The largest absolute Gasteiger partial charge is 0.372 e. The molecule has 3 aromatic heterocycles. The summed E-state index contributed by atoms with van der Waals surface area (Å²) < 4.78 is 83.6. The van der Waals surface area contributed by atoms with Crippen LogP contribution in [0, 0.1) is 0 Å². The second-order valence-corrected chi connectivity index (χ2v) is 12.6. The summed E-state index contributed by atoms with van der Waals surface area (Å²) in [5.74, 6) is -7.33. The first-order valence-electron chi connectivity index (χ1n) is 13.4. The lowest BCUT2D eigenvalue weighted by Gasteiger charge is -2.36. The Hall–Kier alpha value is -3.43. The van der Waals surface area contributed by atoms with Crippen LogP contribution in [0.25, 0.3) is 22.3 Å². The number of pyridine rings is 3. The smallest absolute Gasteiger partial charge is 0.350 e.